The Morgan fingerprint density at radius 2 is 1.88 bits per heavy atom. The van der Waals surface area contributed by atoms with Gasteiger partial charge in [-0.2, -0.15) is 18.4 Å². The summed E-state index contributed by atoms with van der Waals surface area (Å²) in [4.78, 5) is 29.0. The first-order valence-corrected chi connectivity index (χ1v) is 11.5. The van der Waals surface area contributed by atoms with Crippen LogP contribution in [0.4, 0.5) is 18.9 Å². The Labute approximate surface area is 192 Å². The van der Waals surface area contributed by atoms with Crippen LogP contribution in [0.3, 0.4) is 0 Å². The molecule has 0 aliphatic carbocycles. The van der Waals surface area contributed by atoms with Crippen LogP contribution in [0, 0.1) is 35.0 Å². The number of carbonyl (C=O) groups is 2. The number of hydrogen-bond donors (Lipinski definition) is 1. The Kier molecular flexibility index (Phi) is 7.55. The van der Waals surface area contributed by atoms with Crippen molar-refractivity contribution in [2.75, 3.05) is 37.6 Å². The van der Waals surface area contributed by atoms with Gasteiger partial charge < -0.3 is 15.1 Å². The van der Waals surface area contributed by atoms with Crippen molar-refractivity contribution in [1.29, 1.82) is 5.26 Å². The molecule has 0 radical (unpaired) electrons. The van der Waals surface area contributed by atoms with E-state index >= 15 is 0 Å². The van der Waals surface area contributed by atoms with Crippen LogP contribution in [0.2, 0.25) is 0 Å². The third kappa shape index (κ3) is 5.43. The van der Waals surface area contributed by atoms with Gasteiger partial charge in [0.25, 0.3) is 0 Å². The van der Waals surface area contributed by atoms with Crippen LogP contribution in [0.15, 0.2) is 18.2 Å². The molecule has 0 spiro atoms. The van der Waals surface area contributed by atoms with E-state index in [1.54, 1.807) is 17.0 Å². The molecule has 6 nitrogen and oxygen atoms in total. The largest absolute Gasteiger partial charge is 0.417 e. The summed E-state index contributed by atoms with van der Waals surface area (Å²) in [6, 6.07) is 5.45. The number of piperidine rings is 1. The van der Waals surface area contributed by atoms with Gasteiger partial charge in [0.2, 0.25) is 11.8 Å². The van der Waals surface area contributed by atoms with Crippen molar-refractivity contribution in [1.82, 2.24) is 10.2 Å². The van der Waals surface area contributed by atoms with Crippen molar-refractivity contribution in [3.8, 4) is 6.07 Å². The van der Waals surface area contributed by atoms with Gasteiger partial charge in [-0.05, 0) is 49.8 Å². The lowest BCUT2D eigenvalue weighted by atomic mass is 9.78. The minimum Gasteiger partial charge on any atom is -0.372 e. The summed E-state index contributed by atoms with van der Waals surface area (Å²) >= 11 is 0. The molecule has 2 fully saturated rings. The van der Waals surface area contributed by atoms with Crippen LogP contribution in [-0.2, 0) is 15.8 Å². The quantitative estimate of drug-likeness (QED) is 0.722. The van der Waals surface area contributed by atoms with E-state index in [0.29, 0.717) is 38.4 Å². The average molecular weight is 465 g/mol. The normalized spacial score (nSPS) is 21.9. The topological polar surface area (TPSA) is 76.4 Å². The van der Waals surface area contributed by atoms with E-state index in [0.717, 1.165) is 18.9 Å². The van der Waals surface area contributed by atoms with Gasteiger partial charge in [-0.15, -0.1) is 0 Å². The molecule has 3 rings (SSSR count). The molecule has 2 aliphatic rings. The van der Waals surface area contributed by atoms with Gasteiger partial charge in [0.1, 0.15) is 0 Å². The molecule has 2 heterocycles. The predicted octanol–water partition coefficient (Wildman–Crippen LogP) is 3.66. The SMILES string of the molecule is CCNC(=O)C1CN(C(=O)C(C)C)CC1C1CCN(c2ccc(C#N)c(C(F)(F)F)c2)CC1. The summed E-state index contributed by atoms with van der Waals surface area (Å²) < 4.78 is 40.0. The highest BCUT2D eigenvalue weighted by Crippen LogP contribution is 2.39. The molecule has 2 aliphatic heterocycles. The molecular weight excluding hydrogens is 433 g/mol. The Hall–Kier alpha value is -2.76. The minimum atomic E-state index is -4.59. The fourth-order valence-corrected chi connectivity index (χ4v) is 5.08. The lowest BCUT2D eigenvalue weighted by Crippen LogP contribution is -2.41. The highest BCUT2D eigenvalue weighted by Gasteiger charge is 2.44. The molecule has 1 aromatic rings. The molecule has 2 atom stereocenters. The first kappa shape index (κ1) is 24.9. The average Bonchev–Trinajstić information content (AvgIpc) is 3.23. The van der Waals surface area contributed by atoms with E-state index in [1.807, 2.05) is 25.7 Å². The third-order valence-electron chi connectivity index (χ3n) is 6.80. The van der Waals surface area contributed by atoms with E-state index < -0.39 is 11.7 Å². The summed E-state index contributed by atoms with van der Waals surface area (Å²) in [7, 11) is 0. The monoisotopic (exact) mass is 464 g/mol. The Bertz CT molecular complexity index is 917. The van der Waals surface area contributed by atoms with Gasteiger partial charge in [0.15, 0.2) is 0 Å². The van der Waals surface area contributed by atoms with Gasteiger partial charge in [-0.3, -0.25) is 9.59 Å². The Morgan fingerprint density at radius 1 is 1.21 bits per heavy atom. The van der Waals surface area contributed by atoms with Crippen LogP contribution in [0.1, 0.15) is 44.7 Å². The van der Waals surface area contributed by atoms with Crippen LogP contribution in [-0.4, -0.2) is 49.4 Å². The Balaban J connectivity index is 1.73. The van der Waals surface area contributed by atoms with Gasteiger partial charge in [-0.25, -0.2) is 0 Å². The fraction of sp³-hybridized carbons (Fsp3) is 0.625. The molecule has 2 amide bonds. The maximum Gasteiger partial charge on any atom is 0.417 e. The van der Waals surface area contributed by atoms with Crippen LogP contribution >= 0.6 is 0 Å². The van der Waals surface area contributed by atoms with Crippen molar-refractivity contribution >= 4 is 17.5 Å². The van der Waals surface area contributed by atoms with E-state index in [-0.39, 0.29) is 41.0 Å². The van der Waals surface area contributed by atoms with Crippen molar-refractivity contribution in [3.05, 3.63) is 29.3 Å². The fourth-order valence-electron chi connectivity index (χ4n) is 5.08. The van der Waals surface area contributed by atoms with Gasteiger partial charge in [-0.1, -0.05) is 13.8 Å². The second kappa shape index (κ2) is 10.0. The highest BCUT2D eigenvalue weighted by atomic mass is 19.4. The molecule has 1 N–H and O–H groups in total. The van der Waals surface area contributed by atoms with Gasteiger partial charge in [0.05, 0.1) is 23.1 Å². The molecule has 33 heavy (non-hydrogen) atoms. The molecule has 2 unspecified atom stereocenters. The lowest BCUT2D eigenvalue weighted by Gasteiger charge is -2.37. The number of carbonyl (C=O) groups excluding carboxylic acids is 2. The molecule has 0 bridgehead atoms. The summed E-state index contributed by atoms with van der Waals surface area (Å²) in [6.45, 7) is 8.17. The zero-order valence-electron chi connectivity index (χ0n) is 19.3. The number of benzene rings is 1. The maximum atomic E-state index is 13.3. The first-order chi connectivity index (χ1) is 15.6. The third-order valence-corrected chi connectivity index (χ3v) is 6.80. The van der Waals surface area contributed by atoms with E-state index in [4.69, 9.17) is 5.26 Å². The number of halogens is 3. The number of anilines is 1. The lowest BCUT2D eigenvalue weighted by molar-refractivity contribution is -0.138. The van der Waals surface area contributed by atoms with E-state index in [1.165, 1.54) is 6.07 Å². The number of nitrogens with one attached hydrogen (secondary N) is 1. The van der Waals surface area contributed by atoms with Crippen LogP contribution in [0.5, 0.6) is 0 Å². The zero-order chi connectivity index (χ0) is 24.3. The maximum absolute atomic E-state index is 13.3. The summed E-state index contributed by atoms with van der Waals surface area (Å²) in [5.74, 6) is -0.157. The molecule has 0 aromatic heterocycles. The summed E-state index contributed by atoms with van der Waals surface area (Å²) in [5.41, 5.74) is -0.852. The number of rotatable bonds is 5. The molecule has 9 heteroatoms. The van der Waals surface area contributed by atoms with Crippen LogP contribution in [0.25, 0.3) is 0 Å². The summed E-state index contributed by atoms with van der Waals surface area (Å²) in [6.07, 6.45) is -3.13. The smallest absolute Gasteiger partial charge is 0.372 e. The second-order valence-electron chi connectivity index (χ2n) is 9.23. The number of hydrogen-bond acceptors (Lipinski definition) is 4. The van der Waals surface area contributed by atoms with Crippen molar-refractivity contribution in [2.45, 2.75) is 39.8 Å². The predicted molar refractivity (Wildman–Crippen MR) is 118 cm³/mol. The van der Waals surface area contributed by atoms with E-state index in [2.05, 4.69) is 5.32 Å². The number of amides is 2. The van der Waals surface area contributed by atoms with Crippen LogP contribution < -0.4 is 10.2 Å². The van der Waals surface area contributed by atoms with Crippen molar-refractivity contribution < 1.29 is 22.8 Å². The number of alkyl halides is 3. The van der Waals surface area contributed by atoms with Crippen molar-refractivity contribution in [3.63, 3.8) is 0 Å². The highest BCUT2D eigenvalue weighted by molar-refractivity contribution is 5.83. The number of nitrogens with zero attached hydrogens (tertiary/aromatic N) is 3. The molecule has 180 valence electrons. The zero-order valence-corrected chi connectivity index (χ0v) is 19.3. The molecule has 2 saturated heterocycles. The number of likely N-dealkylation sites (tertiary alicyclic amines) is 1. The van der Waals surface area contributed by atoms with Gasteiger partial charge in [0, 0.05) is 44.3 Å². The molecule has 1 aromatic carbocycles. The molecule has 0 saturated carbocycles. The van der Waals surface area contributed by atoms with Gasteiger partial charge >= 0.3 is 6.18 Å². The second-order valence-corrected chi connectivity index (χ2v) is 9.23. The first-order valence-electron chi connectivity index (χ1n) is 11.5. The minimum absolute atomic E-state index is 0.0353. The standard InChI is InChI=1S/C24H31F3N4O2/c1-4-29-22(32)20-14-31(23(33)15(2)3)13-19(20)16-7-9-30(10-8-16)18-6-5-17(12-28)21(11-18)24(25,26)27/h5-6,11,15-16,19-20H,4,7-10,13-14H2,1-3H3,(H,29,32). The summed E-state index contributed by atoms with van der Waals surface area (Å²) in [5, 5.41) is 11.9. The number of nitriles is 1. The van der Waals surface area contributed by atoms with Crippen molar-refractivity contribution in [2.24, 2.45) is 23.7 Å². The molecular formula is C24H31F3N4O2. The van der Waals surface area contributed by atoms with E-state index in [9.17, 15) is 22.8 Å². The Morgan fingerprint density at radius 3 is 2.42 bits per heavy atom.